The Bertz CT molecular complexity index is 1320. The van der Waals surface area contributed by atoms with Crippen LogP contribution in [0, 0.1) is 0 Å². The normalized spacial score (nSPS) is 14.6. The van der Waals surface area contributed by atoms with Crippen LogP contribution in [0.25, 0.3) is 12.2 Å². The number of aromatic amines is 2. The van der Waals surface area contributed by atoms with Crippen molar-refractivity contribution < 1.29 is 4.74 Å². The van der Waals surface area contributed by atoms with Crippen LogP contribution in [0.4, 0.5) is 0 Å². The molecule has 0 aromatic carbocycles. The largest absolute Gasteiger partial charge is 0.487 e. The van der Waals surface area contributed by atoms with Crippen molar-refractivity contribution in [2.24, 2.45) is 0 Å². The van der Waals surface area contributed by atoms with E-state index in [0.29, 0.717) is 18.1 Å². The second-order valence-electron chi connectivity index (χ2n) is 6.77. The maximum absolute atomic E-state index is 12.4. The zero-order chi connectivity index (χ0) is 20.8. The predicted octanol–water partition coefficient (Wildman–Crippen LogP) is 1.32. The van der Waals surface area contributed by atoms with Crippen molar-refractivity contribution in [2.75, 3.05) is 0 Å². The highest BCUT2D eigenvalue weighted by Crippen LogP contribution is 2.12. The van der Waals surface area contributed by atoms with Gasteiger partial charge >= 0.3 is 0 Å². The molecule has 1 aliphatic rings. The fourth-order valence-electron chi connectivity index (χ4n) is 2.96. The summed E-state index contributed by atoms with van der Waals surface area (Å²) in [5.41, 5.74) is 1.69. The van der Waals surface area contributed by atoms with Gasteiger partial charge in [-0.3, -0.25) is 19.6 Å². The number of pyridine rings is 2. The number of hydrogen-bond donors (Lipinski definition) is 2. The van der Waals surface area contributed by atoms with Crippen LogP contribution in [-0.4, -0.2) is 19.9 Å². The molecule has 1 aliphatic carbocycles. The molecule has 7 nitrogen and oxygen atoms in total. The third kappa shape index (κ3) is 4.88. The lowest BCUT2D eigenvalue weighted by molar-refractivity contribution is 0.305. The molecule has 0 fully saturated rings. The molecule has 4 rings (SSSR count). The predicted molar refractivity (Wildman–Crippen MR) is 114 cm³/mol. The molecule has 0 saturated carbocycles. The van der Waals surface area contributed by atoms with Crippen LogP contribution in [0.5, 0.6) is 5.75 Å². The maximum Gasteiger partial charge on any atom is 0.272 e. The van der Waals surface area contributed by atoms with Gasteiger partial charge in [-0.25, -0.2) is 0 Å². The molecule has 0 atom stereocenters. The minimum atomic E-state index is -0.388. The second-order valence-corrected chi connectivity index (χ2v) is 6.77. The molecule has 30 heavy (non-hydrogen) atoms. The Kier molecular flexibility index (Phi) is 5.80. The highest BCUT2D eigenvalue weighted by atomic mass is 16.5. The molecule has 3 aromatic heterocycles. The van der Waals surface area contributed by atoms with Gasteiger partial charge in [0.25, 0.3) is 11.1 Å². The van der Waals surface area contributed by atoms with E-state index in [2.05, 4.69) is 19.9 Å². The third-order valence-electron chi connectivity index (χ3n) is 4.53. The summed E-state index contributed by atoms with van der Waals surface area (Å²) < 4.78 is 5.68. The monoisotopic (exact) mass is 400 g/mol. The first-order valence-corrected chi connectivity index (χ1v) is 9.58. The number of rotatable bonds is 5. The van der Waals surface area contributed by atoms with Crippen molar-refractivity contribution in [1.29, 1.82) is 0 Å². The molecule has 3 aromatic rings. The molecule has 0 radical (unpaired) electrons. The average molecular weight is 400 g/mol. The van der Waals surface area contributed by atoms with Gasteiger partial charge < -0.3 is 14.7 Å². The highest BCUT2D eigenvalue weighted by molar-refractivity contribution is 5.52. The Balaban J connectivity index is 1.54. The van der Waals surface area contributed by atoms with Crippen LogP contribution in [0.2, 0.25) is 0 Å². The van der Waals surface area contributed by atoms with Crippen LogP contribution in [0.15, 0.2) is 76.2 Å². The van der Waals surface area contributed by atoms with Gasteiger partial charge in [0.2, 0.25) is 0 Å². The van der Waals surface area contributed by atoms with Crippen molar-refractivity contribution in [3.8, 4) is 5.75 Å². The number of nitrogens with one attached hydrogen (secondary N) is 2. The lowest BCUT2D eigenvalue weighted by Crippen LogP contribution is -2.46. The van der Waals surface area contributed by atoms with E-state index in [0.717, 1.165) is 24.0 Å². The van der Waals surface area contributed by atoms with Crippen LogP contribution in [0.3, 0.4) is 0 Å². The number of allylic oxidation sites excluding steroid dienone is 4. The zero-order valence-electron chi connectivity index (χ0n) is 16.2. The molecule has 150 valence electrons. The number of aromatic nitrogens is 4. The summed E-state index contributed by atoms with van der Waals surface area (Å²) in [6.07, 6.45) is 16.1. The summed E-state index contributed by atoms with van der Waals surface area (Å²) >= 11 is 0. The van der Waals surface area contributed by atoms with Crippen molar-refractivity contribution in [3.63, 3.8) is 0 Å². The van der Waals surface area contributed by atoms with Gasteiger partial charge in [-0.1, -0.05) is 18.2 Å². The van der Waals surface area contributed by atoms with Gasteiger partial charge in [0.05, 0.1) is 11.9 Å². The molecule has 0 bridgehead atoms. The SMILES string of the molecule is O=c1[nH]/c(=C\c2ccc(OCc3ccncc3)cn2)c(=O)[nH]/c1=C\C1=CCCC=C1. The fraction of sp³-hybridized carbons (Fsp3) is 0.130. The first-order valence-electron chi connectivity index (χ1n) is 9.58. The topological polar surface area (TPSA) is 101 Å². The summed E-state index contributed by atoms with van der Waals surface area (Å²) in [6.45, 7) is 0.407. The van der Waals surface area contributed by atoms with Crippen molar-refractivity contribution in [1.82, 2.24) is 19.9 Å². The van der Waals surface area contributed by atoms with E-state index >= 15 is 0 Å². The van der Waals surface area contributed by atoms with Crippen molar-refractivity contribution >= 4 is 12.2 Å². The first kappa shape index (κ1) is 19.3. The summed E-state index contributed by atoms with van der Waals surface area (Å²) in [6, 6.07) is 7.23. The Morgan fingerprint density at radius 2 is 1.73 bits per heavy atom. The minimum absolute atomic E-state index is 0.142. The molecule has 0 amide bonds. The van der Waals surface area contributed by atoms with Crippen molar-refractivity contribution in [3.05, 3.63) is 109 Å². The molecule has 0 spiro atoms. The van der Waals surface area contributed by atoms with E-state index in [9.17, 15) is 9.59 Å². The summed E-state index contributed by atoms with van der Waals surface area (Å²) in [4.78, 5) is 38.3. The highest BCUT2D eigenvalue weighted by Gasteiger charge is 2.01. The Hall–Kier alpha value is -4.00. The van der Waals surface area contributed by atoms with E-state index in [4.69, 9.17) is 4.74 Å². The van der Waals surface area contributed by atoms with Crippen LogP contribution >= 0.6 is 0 Å². The molecule has 0 saturated heterocycles. The number of H-pyrrole nitrogens is 2. The Morgan fingerprint density at radius 3 is 2.40 bits per heavy atom. The molecular formula is C23H20N4O3. The van der Waals surface area contributed by atoms with Gasteiger partial charge in [-0.2, -0.15) is 0 Å². The number of nitrogens with zero attached hydrogens (tertiary/aromatic N) is 2. The molecule has 2 N–H and O–H groups in total. The summed E-state index contributed by atoms with van der Waals surface area (Å²) in [5.74, 6) is 0.602. The molecule has 0 unspecified atom stereocenters. The van der Waals surface area contributed by atoms with Crippen LogP contribution < -0.4 is 26.6 Å². The van der Waals surface area contributed by atoms with Gasteiger partial charge in [-0.15, -0.1) is 0 Å². The molecule has 3 heterocycles. The first-order chi connectivity index (χ1) is 14.7. The standard InChI is InChI=1S/C23H20N4O3/c28-22-20(12-16-4-2-1-3-5-16)26-23(29)21(27-22)13-18-6-7-19(14-25-18)30-15-17-8-10-24-11-9-17/h2,4-14H,1,3,15H2,(H,26,29)(H,27,28)/b20-12-,21-13-. The van der Waals surface area contributed by atoms with E-state index in [1.165, 1.54) is 6.08 Å². The Labute approximate surface area is 171 Å². The van der Waals surface area contributed by atoms with E-state index in [-0.39, 0.29) is 21.8 Å². The molecule has 7 heteroatoms. The Morgan fingerprint density at radius 1 is 0.967 bits per heavy atom. The molecule has 0 aliphatic heterocycles. The second kappa shape index (κ2) is 9.00. The fourth-order valence-corrected chi connectivity index (χ4v) is 2.96. The maximum atomic E-state index is 12.4. The molecular weight excluding hydrogens is 380 g/mol. The minimum Gasteiger partial charge on any atom is -0.487 e. The zero-order valence-corrected chi connectivity index (χ0v) is 16.2. The summed E-state index contributed by atoms with van der Waals surface area (Å²) in [7, 11) is 0. The average Bonchev–Trinajstić information content (AvgIpc) is 2.78. The quantitative estimate of drug-likeness (QED) is 0.673. The van der Waals surface area contributed by atoms with Gasteiger partial charge in [0.1, 0.15) is 23.1 Å². The smallest absolute Gasteiger partial charge is 0.272 e. The third-order valence-corrected chi connectivity index (χ3v) is 4.53. The van der Waals surface area contributed by atoms with E-state index in [1.807, 2.05) is 30.4 Å². The van der Waals surface area contributed by atoms with Gasteiger partial charge in [0, 0.05) is 12.4 Å². The lowest BCUT2D eigenvalue weighted by Gasteiger charge is -2.05. The van der Waals surface area contributed by atoms with Gasteiger partial charge in [-0.05, 0) is 60.4 Å². The number of hydrogen-bond acceptors (Lipinski definition) is 5. The van der Waals surface area contributed by atoms with E-state index < -0.39 is 0 Å². The van der Waals surface area contributed by atoms with Gasteiger partial charge in [0.15, 0.2) is 0 Å². The lowest BCUT2D eigenvalue weighted by atomic mass is 10.1. The summed E-state index contributed by atoms with van der Waals surface area (Å²) in [5, 5.41) is 0.367. The van der Waals surface area contributed by atoms with Crippen LogP contribution in [0.1, 0.15) is 24.1 Å². The number of ether oxygens (including phenoxy) is 1. The van der Waals surface area contributed by atoms with Crippen LogP contribution in [-0.2, 0) is 6.61 Å². The van der Waals surface area contributed by atoms with E-state index in [1.54, 1.807) is 36.8 Å². The van der Waals surface area contributed by atoms with Crippen molar-refractivity contribution in [2.45, 2.75) is 19.4 Å².